The van der Waals surface area contributed by atoms with Gasteiger partial charge in [0.15, 0.2) is 11.9 Å². The molecule has 1 unspecified atom stereocenters. The van der Waals surface area contributed by atoms with Crippen LogP contribution in [0.2, 0.25) is 0 Å². The van der Waals surface area contributed by atoms with Gasteiger partial charge in [-0.1, -0.05) is 0 Å². The third-order valence-electron chi connectivity index (χ3n) is 5.02. The van der Waals surface area contributed by atoms with Crippen LogP contribution in [0.3, 0.4) is 0 Å². The normalized spacial score (nSPS) is 15.9. The lowest BCUT2D eigenvalue weighted by molar-refractivity contribution is 0.0936. The van der Waals surface area contributed by atoms with Crippen LogP contribution in [-0.4, -0.2) is 49.9 Å². The van der Waals surface area contributed by atoms with E-state index in [1.165, 1.54) is 6.20 Å². The first-order valence-electron chi connectivity index (χ1n) is 9.51. The van der Waals surface area contributed by atoms with Crippen LogP contribution in [-0.2, 0) is 4.74 Å². The quantitative estimate of drug-likeness (QED) is 0.507. The molecule has 29 heavy (non-hydrogen) atoms. The fourth-order valence-corrected chi connectivity index (χ4v) is 3.47. The van der Waals surface area contributed by atoms with Crippen LogP contribution in [0.4, 0.5) is 5.82 Å². The van der Waals surface area contributed by atoms with E-state index in [0.29, 0.717) is 17.8 Å². The molecule has 0 aliphatic carbocycles. The van der Waals surface area contributed by atoms with Crippen molar-refractivity contribution in [3.63, 3.8) is 0 Å². The number of carbonyl (C=O) groups is 1. The molecule has 4 aromatic heterocycles. The summed E-state index contributed by atoms with van der Waals surface area (Å²) in [4.78, 5) is 22.0. The number of rotatable bonds is 5. The minimum absolute atomic E-state index is 0.223. The van der Waals surface area contributed by atoms with E-state index in [9.17, 15) is 4.79 Å². The summed E-state index contributed by atoms with van der Waals surface area (Å²) >= 11 is 0. The van der Waals surface area contributed by atoms with Crippen LogP contribution in [0, 0.1) is 0 Å². The Hall–Kier alpha value is -3.46. The monoisotopic (exact) mass is 391 g/mol. The van der Waals surface area contributed by atoms with Gasteiger partial charge in [-0.05, 0) is 26.0 Å². The number of amides is 1. The Morgan fingerprint density at radius 3 is 2.90 bits per heavy atom. The molecular formula is C20H21N7O2. The Labute approximate surface area is 166 Å². The van der Waals surface area contributed by atoms with E-state index in [0.717, 1.165) is 28.1 Å². The highest BCUT2D eigenvalue weighted by Crippen LogP contribution is 2.32. The summed E-state index contributed by atoms with van der Waals surface area (Å²) < 4.78 is 8.86. The van der Waals surface area contributed by atoms with E-state index < -0.39 is 0 Å². The van der Waals surface area contributed by atoms with Crippen molar-refractivity contribution in [2.75, 3.05) is 19.0 Å². The molecule has 5 rings (SSSR count). The highest BCUT2D eigenvalue weighted by molar-refractivity contribution is 6.01. The minimum Gasteiger partial charge on any atom is -0.373 e. The average Bonchev–Trinajstić information content (AvgIpc) is 3.28. The van der Waals surface area contributed by atoms with Gasteiger partial charge in [-0.3, -0.25) is 4.79 Å². The number of fused-ring (bicyclic) bond motifs is 2. The smallest absolute Gasteiger partial charge is 0.258 e. The zero-order valence-corrected chi connectivity index (χ0v) is 16.4. The Bertz CT molecular complexity index is 1240. The third-order valence-corrected chi connectivity index (χ3v) is 5.02. The van der Waals surface area contributed by atoms with Gasteiger partial charge in [0.25, 0.3) is 5.91 Å². The number of carbonyl (C=O) groups excluding carboxylic acids is 1. The second-order valence-corrected chi connectivity index (χ2v) is 7.28. The van der Waals surface area contributed by atoms with Crippen LogP contribution in [0.5, 0.6) is 0 Å². The SMILES string of the molecule is CNc1cc(-c2cn(C(C)C)c3ncccc23)nc2c(C(=O)NC3CO3)cnn12. The van der Waals surface area contributed by atoms with E-state index in [-0.39, 0.29) is 18.2 Å². The first kappa shape index (κ1) is 17.6. The fourth-order valence-electron chi connectivity index (χ4n) is 3.47. The van der Waals surface area contributed by atoms with Crippen molar-refractivity contribution in [1.82, 2.24) is 29.5 Å². The van der Waals surface area contributed by atoms with Crippen molar-refractivity contribution >= 4 is 28.4 Å². The lowest BCUT2D eigenvalue weighted by atomic mass is 10.1. The van der Waals surface area contributed by atoms with Gasteiger partial charge < -0.3 is 19.9 Å². The molecule has 0 radical (unpaired) electrons. The zero-order valence-electron chi connectivity index (χ0n) is 16.4. The molecule has 1 saturated heterocycles. The number of pyridine rings is 1. The number of nitrogens with one attached hydrogen (secondary N) is 2. The number of hydrogen-bond acceptors (Lipinski definition) is 6. The van der Waals surface area contributed by atoms with Crippen LogP contribution in [0.1, 0.15) is 30.2 Å². The molecule has 1 aliphatic heterocycles. The Morgan fingerprint density at radius 2 is 2.17 bits per heavy atom. The van der Waals surface area contributed by atoms with Gasteiger partial charge in [0.1, 0.15) is 17.0 Å². The number of hydrogen-bond donors (Lipinski definition) is 2. The molecule has 9 heteroatoms. The third kappa shape index (κ3) is 2.90. The van der Waals surface area contributed by atoms with Crippen molar-refractivity contribution in [1.29, 1.82) is 0 Å². The summed E-state index contributed by atoms with van der Waals surface area (Å²) in [7, 11) is 1.82. The number of ether oxygens (including phenoxy) is 1. The highest BCUT2D eigenvalue weighted by atomic mass is 16.6. The maximum atomic E-state index is 12.6. The molecule has 1 aliphatic rings. The number of aromatic nitrogens is 5. The molecule has 0 bridgehead atoms. The molecule has 1 fully saturated rings. The van der Waals surface area contributed by atoms with Crippen LogP contribution in [0.25, 0.3) is 27.9 Å². The van der Waals surface area contributed by atoms with Crippen molar-refractivity contribution < 1.29 is 9.53 Å². The number of epoxide rings is 1. The van der Waals surface area contributed by atoms with E-state index in [4.69, 9.17) is 9.72 Å². The van der Waals surface area contributed by atoms with Crippen molar-refractivity contribution in [2.24, 2.45) is 0 Å². The Balaban J connectivity index is 1.71. The molecule has 1 atom stereocenters. The van der Waals surface area contributed by atoms with Crippen LogP contribution >= 0.6 is 0 Å². The molecule has 1 amide bonds. The average molecular weight is 391 g/mol. The summed E-state index contributed by atoms with van der Waals surface area (Å²) in [5.74, 6) is 0.488. The Morgan fingerprint density at radius 1 is 1.34 bits per heavy atom. The minimum atomic E-state index is -0.250. The fraction of sp³-hybridized carbons (Fsp3) is 0.300. The summed E-state index contributed by atoms with van der Waals surface area (Å²) in [6, 6.07) is 6.14. The second kappa shape index (κ2) is 6.56. The summed E-state index contributed by atoms with van der Waals surface area (Å²) in [6.45, 7) is 4.77. The van der Waals surface area contributed by atoms with E-state index in [1.807, 2.05) is 25.2 Å². The van der Waals surface area contributed by atoms with Crippen molar-refractivity contribution in [2.45, 2.75) is 26.1 Å². The van der Waals surface area contributed by atoms with E-state index in [1.54, 1.807) is 10.7 Å². The second-order valence-electron chi connectivity index (χ2n) is 7.28. The van der Waals surface area contributed by atoms with Crippen LogP contribution in [0.15, 0.2) is 36.8 Å². The summed E-state index contributed by atoms with van der Waals surface area (Å²) in [5.41, 5.74) is 3.50. The molecule has 0 aromatic carbocycles. The lowest BCUT2D eigenvalue weighted by Gasteiger charge is -2.08. The highest BCUT2D eigenvalue weighted by Gasteiger charge is 2.27. The van der Waals surface area contributed by atoms with Gasteiger partial charge >= 0.3 is 0 Å². The largest absolute Gasteiger partial charge is 0.373 e. The summed E-state index contributed by atoms with van der Waals surface area (Å²) in [5, 5.41) is 11.3. The van der Waals surface area contributed by atoms with E-state index >= 15 is 0 Å². The van der Waals surface area contributed by atoms with E-state index in [2.05, 4.69) is 45.3 Å². The molecular weight excluding hydrogens is 370 g/mol. The van der Waals surface area contributed by atoms with Gasteiger partial charge in [-0.25, -0.2) is 9.97 Å². The Kier molecular flexibility index (Phi) is 3.99. The van der Waals surface area contributed by atoms with Gasteiger partial charge in [0.05, 0.1) is 18.5 Å². The lowest BCUT2D eigenvalue weighted by Crippen LogP contribution is -2.26. The van der Waals surface area contributed by atoms with Gasteiger partial charge in [-0.15, -0.1) is 0 Å². The predicted molar refractivity (Wildman–Crippen MR) is 109 cm³/mol. The van der Waals surface area contributed by atoms with Crippen LogP contribution < -0.4 is 10.6 Å². The molecule has 148 valence electrons. The van der Waals surface area contributed by atoms with Gasteiger partial charge in [0.2, 0.25) is 0 Å². The zero-order chi connectivity index (χ0) is 20.1. The van der Waals surface area contributed by atoms with Gasteiger partial charge in [-0.2, -0.15) is 9.61 Å². The standard InChI is InChI=1S/C20H21N7O2/c1-11(2)26-9-14(12-5-4-6-22-18(12)26)15-7-16(21-3)27-19(24-15)13(8-23-27)20(28)25-17-10-29-17/h4-9,11,17,21H,10H2,1-3H3,(H,25,28). The maximum absolute atomic E-state index is 12.6. The number of nitrogens with zero attached hydrogens (tertiary/aromatic N) is 5. The van der Waals surface area contributed by atoms with Crippen molar-refractivity contribution in [3.05, 3.63) is 42.4 Å². The maximum Gasteiger partial charge on any atom is 0.258 e. The first-order valence-corrected chi connectivity index (χ1v) is 9.51. The topological polar surface area (TPSA) is 102 Å². The molecule has 2 N–H and O–H groups in total. The molecule has 4 aromatic rings. The number of anilines is 1. The molecule has 9 nitrogen and oxygen atoms in total. The molecule has 0 spiro atoms. The molecule has 0 saturated carbocycles. The summed E-state index contributed by atoms with van der Waals surface area (Å²) in [6.07, 6.45) is 5.16. The molecule has 5 heterocycles. The first-order chi connectivity index (χ1) is 14.1. The van der Waals surface area contributed by atoms with Gasteiger partial charge in [0, 0.05) is 42.5 Å². The van der Waals surface area contributed by atoms with Crippen molar-refractivity contribution in [3.8, 4) is 11.3 Å². The predicted octanol–water partition coefficient (Wildman–Crippen LogP) is 2.45.